The van der Waals surface area contributed by atoms with E-state index in [2.05, 4.69) is 15.3 Å². The van der Waals surface area contributed by atoms with Gasteiger partial charge in [0.25, 0.3) is 0 Å². The average molecular weight is 459 g/mol. The van der Waals surface area contributed by atoms with E-state index in [1.807, 2.05) is 54.6 Å². The molecule has 2 aromatic carbocycles. The van der Waals surface area contributed by atoms with Gasteiger partial charge in [0.2, 0.25) is 0 Å². The molecule has 2 aromatic heterocycles. The lowest BCUT2D eigenvalue weighted by Gasteiger charge is -2.32. The molecule has 0 amide bonds. The molecule has 1 saturated carbocycles. The third kappa shape index (κ3) is 4.85. The third-order valence-corrected chi connectivity index (χ3v) is 6.75. The zero-order valence-corrected chi connectivity index (χ0v) is 18.5. The minimum atomic E-state index is -0.700. The number of aliphatic carboxylic acids is 1. The molecule has 7 nitrogen and oxygen atoms in total. The second-order valence-corrected chi connectivity index (χ2v) is 9.02. The Bertz CT molecular complexity index is 1220. The summed E-state index contributed by atoms with van der Waals surface area (Å²) in [4.78, 5) is 25.2. The van der Waals surface area contributed by atoms with Crippen LogP contribution in [0.25, 0.3) is 21.7 Å². The minimum absolute atomic E-state index is 0.211. The van der Waals surface area contributed by atoms with Crippen molar-refractivity contribution >= 4 is 22.4 Å². The summed E-state index contributed by atoms with van der Waals surface area (Å²) in [5.74, 6) is 0.984. The van der Waals surface area contributed by atoms with Crippen molar-refractivity contribution in [3.8, 4) is 33.2 Å². The van der Waals surface area contributed by atoms with Gasteiger partial charge in [0, 0.05) is 30.1 Å². The highest BCUT2D eigenvalue weighted by Gasteiger charge is 2.34. The first-order valence-electron chi connectivity index (χ1n) is 10.7. The molecule has 0 aliphatic heterocycles. The summed E-state index contributed by atoms with van der Waals surface area (Å²) in [5.41, 5.74) is 2.71. The van der Waals surface area contributed by atoms with Crippen molar-refractivity contribution in [1.82, 2.24) is 15.0 Å². The van der Waals surface area contributed by atoms with Crippen LogP contribution in [0.5, 0.6) is 11.5 Å². The van der Waals surface area contributed by atoms with E-state index in [1.165, 1.54) is 6.33 Å². The zero-order valence-electron chi connectivity index (χ0n) is 17.7. The molecular formula is C25H22N4O3S. The lowest BCUT2D eigenvalue weighted by Crippen LogP contribution is -2.34. The van der Waals surface area contributed by atoms with Gasteiger partial charge in [-0.25, -0.2) is 15.0 Å². The maximum atomic E-state index is 11.0. The number of ether oxygens (including phenoxy) is 1. The van der Waals surface area contributed by atoms with E-state index in [1.54, 1.807) is 23.7 Å². The number of carboxylic acid groups (broad SMARTS) is 1. The van der Waals surface area contributed by atoms with E-state index in [0.29, 0.717) is 25.3 Å². The predicted octanol–water partition coefficient (Wildman–Crippen LogP) is 5.58. The summed E-state index contributed by atoms with van der Waals surface area (Å²) in [5, 5.41) is 13.3. The summed E-state index contributed by atoms with van der Waals surface area (Å²) in [6, 6.07) is 17.5. The second kappa shape index (κ2) is 9.38. The van der Waals surface area contributed by atoms with Gasteiger partial charge in [0.1, 0.15) is 17.8 Å². The van der Waals surface area contributed by atoms with Crippen molar-refractivity contribution in [3.05, 3.63) is 73.3 Å². The fraction of sp³-hybridized carbons (Fsp3) is 0.200. The normalized spacial score (nSPS) is 17.2. The van der Waals surface area contributed by atoms with Crippen LogP contribution < -0.4 is 10.1 Å². The number of benzene rings is 2. The van der Waals surface area contributed by atoms with Gasteiger partial charge in [0.15, 0.2) is 5.13 Å². The number of carboxylic acids is 1. The van der Waals surface area contributed by atoms with Gasteiger partial charge in [-0.15, -0.1) is 0 Å². The Hall–Kier alpha value is -3.78. The van der Waals surface area contributed by atoms with Crippen LogP contribution in [0.15, 0.2) is 73.3 Å². The van der Waals surface area contributed by atoms with E-state index in [9.17, 15) is 4.79 Å². The molecule has 0 unspecified atom stereocenters. The van der Waals surface area contributed by atoms with Crippen molar-refractivity contribution in [2.24, 2.45) is 11.8 Å². The van der Waals surface area contributed by atoms with Gasteiger partial charge in [-0.05, 0) is 55.2 Å². The Balaban J connectivity index is 1.36. The number of nitrogens with one attached hydrogen (secondary N) is 1. The maximum absolute atomic E-state index is 11.0. The number of hydrogen-bond acceptors (Lipinski definition) is 7. The molecule has 0 bridgehead atoms. The first-order chi connectivity index (χ1) is 16.2. The Morgan fingerprint density at radius 3 is 2.39 bits per heavy atom. The quantitative estimate of drug-likeness (QED) is 0.356. The molecule has 1 aliphatic rings. The van der Waals surface area contributed by atoms with Gasteiger partial charge in [-0.3, -0.25) is 4.79 Å². The van der Waals surface area contributed by atoms with Crippen LogP contribution in [0.3, 0.4) is 0 Å². The van der Waals surface area contributed by atoms with Crippen molar-refractivity contribution in [1.29, 1.82) is 0 Å². The number of aromatic nitrogens is 3. The van der Waals surface area contributed by atoms with Crippen molar-refractivity contribution in [2.45, 2.75) is 12.8 Å². The minimum Gasteiger partial charge on any atom is -0.481 e. The second-order valence-electron chi connectivity index (χ2n) is 8.02. The van der Waals surface area contributed by atoms with Crippen LogP contribution in [0, 0.1) is 11.8 Å². The largest absolute Gasteiger partial charge is 0.481 e. The number of carbonyl (C=O) groups is 1. The number of anilines is 1. The number of nitrogens with zero attached hydrogens (tertiary/aromatic N) is 3. The molecule has 0 atom stereocenters. The van der Waals surface area contributed by atoms with Gasteiger partial charge >= 0.3 is 5.97 Å². The Morgan fingerprint density at radius 2 is 1.70 bits per heavy atom. The van der Waals surface area contributed by atoms with Crippen LogP contribution in [0.1, 0.15) is 12.8 Å². The first-order valence-corrected chi connectivity index (χ1v) is 11.5. The summed E-state index contributed by atoms with van der Waals surface area (Å²) in [7, 11) is 0. The average Bonchev–Trinajstić information content (AvgIpc) is 3.24. The molecule has 0 saturated heterocycles. The summed E-state index contributed by atoms with van der Waals surface area (Å²) in [6.07, 6.45) is 6.49. The van der Waals surface area contributed by atoms with Crippen molar-refractivity contribution < 1.29 is 14.6 Å². The molecular weight excluding hydrogens is 436 g/mol. The molecule has 1 fully saturated rings. The SMILES string of the molecule is O=C(O)C1CC(CNc2nc(-c3ccc(Oc4ccccc4)cc3)c(-c3cncnc3)s2)C1. The number of rotatable bonds is 8. The van der Waals surface area contributed by atoms with Crippen LogP contribution in [-0.4, -0.2) is 32.6 Å². The van der Waals surface area contributed by atoms with Crippen LogP contribution in [0.4, 0.5) is 5.13 Å². The lowest BCUT2D eigenvalue weighted by molar-refractivity contribution is -0.146. The number of thiazole rings is 1. The topological polar surface area (TPSA) is 97.2 Å². The van der Waals surface area contributed by atoms with Gasteiger partial charge < -0.3 is 15.2 Å². The molecule has 4 aromatic rings. The smallest absolute Gasteiger partial charge is 0.306 e. The highest BCUT2D eigenvalue weighted by Crippen LogP contribution is 2.40. The molecule has 2 heterocycles. The van der Waals surface area contributed by atoms with E-state index in [4.69, 9.17) is 14.8 Å². The standard InChI is InChI=1S/C25H22N4O3S/c30-24(31)18-10-16(11-18)12-28-25-29-22(23(33-25)19-13-26-15-27-14-19)17-6-8-21(9-7-17)32-20-4-2-1-3-5-20/h1-9,13-16,18H,10-12H2,(H,28,29)(H,30,31). The molecule has 0 radical (unpaired) electrons. The molecule has 33 heavy (non-hydrogen) atoms. The molecule has 0 spiro atoms. The third-order valence-electron chi connectivity index (χ3n) is 5.68. The highest BCUT2D eigenvalue weighted by atomic mass is 32.1. The zero-order chi connectivity index (χ0) is 22.6. The Morgan fingerprint density at radius 1 is 1.00 bits per heavy atom. The van der Waals surface area contributed by atoms with Crippen LogP contribution in [0.2, 0.25) is 0 Å². The molecule has 2 N–H and O–H groups in total. The summed E-state index contributed by atoms with van der Waals surface area (Å²) >= 11 is 1.55. The van der Waals surface area contributed by atoms with Crippen molar-refractivity contribution in [3.63, 3.8) is 0 Å². The highest BCUT2D eigenvalue weighted by molar-refractivity contribution is 7.19. The van der Waals surface area contributed by atoms with E-state index >= 15 is 0 Å². The fourth-order valence-corrected chi connectivity index (χ4v) is 4.81. The Labute approximate surface area is 195 Å². The molecule has 5 rings (SSSR count). The van der Waals surface area contributed by atoms with Gasteiger partial charge in [0.05, 0.1) is 16.5 Å². The van der Waals surface area contributed by atoms with Crippen molar-refractivity contribution in [2.75, 3.05) is 11.9 Å². The monoisotopic (exact) mass is 458 g/mol. The number of hydrogen-bond donors (Lipinski definition) is 2. The molecule has 8 heteroatoms. The number of para-hydroxylation sites is 1. The molecule has 166 valence electrons. The van der Waals surface area contributed by atoms with Crippen LogP contribution in [-0.2, 0) is 4.79 Å². The molecule has 1 aliphatic carbocycles. The Kier molecular flexibility index (Phi) is 5.99. The predicted molar refractivity (Wildman–Crippen MR) is 127 cm³/mol. The lowest BCUT2D eigenvalue weighted by atomic mass is 9.75. The van der Waals surface area contributed by atoms with Crippen LogP contribution >= 0.6 is 11.3 Å². The fourth-order valence-electron chi connectivity index (χ4n) is 3.84. The first kappa shape index (κ1) is 21.1. The van der Waals surface area contributed by atoms with Gasteiger partial charge in [-0.2, -0.15) is 0 Å². The summed E-state index contributed by atoms with van der Waals surface area (Å²) < 4.78 is 5.91. The van der Waals surface area contributed by atoms with E-state index in [-0.39, 0.29) is 5.92 Å². The van der Waals surface area contributed by atoms with E-state index < -0.39 is 5.97 Å². The van der Waals surface area contributed by atoms with E-state index in [0.717, 1.165) is 38.3 Å². The van der Waals surface area contributed by atoms with Gasteiger partial charge in [-0.1, -0.05) is 29.5 Å². The summed E-state index contributed by atoms with van der Waals surface area (Å²) in [6.45, 7) is 0.714. The maximum Gasteiger partial charge on any atom is 0.306 e.